The van der Waals surface area contributed by atoms with Crippen LogP contribution >= 0.6 is 11.3 Å². The van der Waals surface area contributed by atoms with Gasteiger partial charge in [0.25, 0.3) is 10.0 Å². The van der Waals surface area contributed by atoms with E-state index >= 15 is 0 Å². The minimum atomic E-state index is -4.02. The third-order valence-electron chi connectivity index (χ3n) is 5.33. The highest BCUT2D eigenvalue weighted by molar-refractivity contribution is 7.97. The topological polar surface area (TPSA) is 84.9 Å². The molecule has 2 aliphatic heterocycles. The number of nitrogens with one attached hydrogen (secondary N) is 1. The van der Waals surface area contributed by atoms with Crippen LogP contribution in [0.2, 0.25) is 0 Å². The second-order valence-electron chi connectivity index (χ2n) is 7.54. The first-order valence-electron chi connectivity index (χ1n) is 9.96. The van der Waals surface area contributed by atoms with Crippen LogP contribution in [0.5, 0.6) is 11.5 Å². The van der Waals surface area contributed by atoms with E-state index in [1.165, 1.54) is 21.8 Å². The van der Waals surface area contributed by atoms with Crippen molar-refractivity contribution in [3.05, 3.63) is 86.6 Å². The van der Waals surface area contributed by atoms with Gasteiger partial charge < -0.3 is 14.8 Å². The first kappa shape index (κ1) is 20.6. The second kappa shape index (κ2) is 7.99. The van der Waals surface area contributed by atoms with Crippen molar-refractivity contribution < 1.29 is 22.7 Å². The lowest BCUT2D eigenvalue weighted by molar-refractivity contribution is 0.104. The highest BCUT2D eigenvalue weighted by atomic mass is 32.2. The predicted octanol–water partition coefficient (Wildman–Crippen LogP) is 3.95. The smallest absolute Gasteiger partial charge is 0.270 e. The maximum atomic E-state index is 13.4. The number of nitrogens with zero attached hydrogens (tertiary/aromatic N) is 1. The SMILES string of the molecule is Cc1ccc(CN2c3ccsc3C(=O)C(=CNCc3ccc4c(c3)OCO4)S2(=O)=O)cc1. The lowest BCUT2D eigenvalue weighted by Crippen LogP contribution is -2.38. The second-order valence-corrected chi connectivity index (χ2v) is 10.3. The summed E-state index contributed by atoms with van der Waals surface area (Å²) in [5.74, 6) is 0.827. The summed E-state index contributed by atoms with van der Waals surface area (Å²) in [7, 11) is -4.02. The fraction of sp³-hybridized carbons (Fsp3) is 0.174. The first-order valence-corrected chi connectivity index (χ1v) is 12.3. The van der Waals surface area contributed by atoms with Crippen LogP contribution in [0.25, 0.3) is 0 Å². The van der Waals surface area contributed by atoms with E-state index in [2.05, 4.69) is 5.32 Å². The molecule has 0 aliphatic carbocycles. The number of thiophene rings is 1. The molecule has 3 aromatic rings. The van der Waals surface area contributed by atoms with E-state index in [1.54, 1.807) is 17.5 Å². The Bertz CT molecular complexity index is 1330. The average molecular weight is 469 g/mol. The molecule has 3 heterocycles. The fourth-order valence-electron chi connectivity index (χ4n) is 3.63. The molecule has 0 atom stereocenters. The molecule has 1 N–H and O–H groups in total. The largest absolute Gasteiger partial charge is 0.454 e. The van der Waals surface area contributed by atoms with Gasteiger partial charge in [-0.25, -0.2) is 8.42 Å². The van der Waals surface area contributed by atoms with Crippen molar-refractivity contribution in [1.29, 1.82) is 0 Å². The Morgan fingerprint density at radius 1 is 1.06 bits per heavy atom. The van der Waals surface area contributed by atoms with Crippen LogP contribution < -0.4 is 19.1 Å². The number of benzene rings is 2. The van der Waals surface area contributed by atoms with Crippen LogP contribution in [0, 0.1) is 6.92 Å². The van der Waals surface area contributed by atoms with E-state index in [9.17, 15) is 13.2 Å². The van der Waals surface area contributed by atoms with Gasteiger partial charge in [-0.2, -0.15) is 0 Å². The van der Waals surface area contributed by atoms with Crippen LogP contribution in [0.1, 0.15) is 26.4 Å². The molecule has 32 heavy (non-hydrogen) atoms. The molecule has 0 fully saturated rings. The molecule has 0 saturated heterocycles. The summed E-state index contributed by atoms with van der Waals surface area (Å²) in [6, 6.07) is 14.8. The molecule has 0 radical (unpaired) electrons. The van der Waals surface area contributed by atoms with Gasteiger partial charge in [-0.15, -0.1) is 11.3 Å². The third kappa shape index (κ3) is 3.63. The maximum Gasteiger partial charge on any atom is 0.270 e. The summed E-state index contributed by atoms with van der Waals surface area (Å²) in [6.07, 6.45) is 1.30. The van der Waals surface area contributed by atoms with Gasteiger partial charge in [-0.05, 0) is 41.6 Å². The van der Waals surface area contributed by atoms with Crippen LogP contribution in [0.3, 0.4) is 0 Å². The minimum absolute atomic E-state index is 0.152. The highest BCUT2D eigenvalue weighted by Gasteiger charge is 2.41. The lowest BCUT2D eigenvalue weighted by atomic mass is 10.1. The van der Waals surface area contributed by atoms with Crippen LogP contribution in [-0.2, 0) is 23.1 Å². The van der Waals surface area contributed by atoms with E-state index in [1.807, 2.05) is 43.3 Å². The van der Waals surface area contributed by atoms with E-state index in [-0.39, 0.29) is 18.2 Å². The zero-order chi connectivity index (χ0) is 22.3. The number of carbonyl (C=O) groups excluding carboxylic acids is 1. The number of aryl methyl sites for hydroxylation is 1. The number of anilines is 1. The van der Waals surface area contributed by atoms with Gasteiger partial charge in [-0.3, -0.25) is 9.10 Å². The molecule has 0 amide bonds. The van der Waals surface area contributed by atoms with Crippen molar-refractivity contribution in [3.63, 3.8) is 0 Å². The number of sulfonamides is 1. The number of ketones is 1. The van der Waals surface area contributed by atoms with Crippen molar-refractivity contribution in [2.45, 2.75) is 20.0 Å². The minimum Gasteiger partial charge on any atom is -0.454 e. The van der Waals surface area contributed by atoms with Crippen molar-refractivity contribution in [1.82, 2.24) is 5.32 Å². The van der Waals surface area contributed by atoms with Crippen molar-refractivity contribution in [2.24, 2.45) is 0 Å². The summed E-state index contributed by atoms with van der Waals surface area (Å²) in [5.41, 5.74) is 3.24. The summed E-state index contributed by atoms with van der Waals surface area (Å²) in [6.45, 7) is 2.64. The lowest BCUT2D eigenvalue weighted by Gasteiger charge is -2.29. The van der Waals surface area contributed by atoms with Crippen molar-refractivity contribution >= 4 is 32.8 Å². The average Bonchev–Trinajstić information content (AvgIpc) is 3.44. The number of hydrogen-bond acceptors (Lipinski definition) is 7. The van der Waals surface area contributed by atoms with Gasteiger partial charge in [0.05, 0.1) is 12.2 Å². The number of fused-ring (bicyclic) bond motifs is 2. The molecule has 164 valence electrons. The Morgan fingerprint density at radius 2 is 1.81 bits per heavy atom. The third-order valence-corrected chi connectivity index (χ3v) is 8.00. The summed E-state index contributed by atoms with van der Waals surface area (Å²) in [5, 5.41) is 4.72. The standard InChI is InChI=1S/C23H20N2O5S2/c1-15-2-4-16(5-3-15)13-25-18-8-9-31-23(18)22(26)21(32(25,27)28)12-24-11-17-6-7-19-20(10-17)30-14-29-19/h2-10,12,24H,11,13-14H2,1H3. The molecule has 0 spiro atoms. The molecular weight excluding hydrogens is 448 g/mol. The predicted molar refractivity (Wildman–Crippen MR) is 122 cm³/mol. The monoisotopic (exact) mass is 468 g/mol. The zero-order valence-electron chi connectivity index (χ0n) is 17.2. The van der Waals surface area contributed by atoms with Gasteiger partial charge in [-0.1, -0.05) is 35.9 Å². The van der Waals surface area contributed by atoms with Crippen molar-refractivity contribution in [3.8, 4) is 11.5 Å². The molecule has 2 aliphatic rings. The highest BCUT2D eigenvalue weighted by Crippen LogP contribution is 2.39. The molecular formula is C23H20N2O5S2. The maximum absolute atomic E-state index is 13.4. The number of allylic oxidation sites excluding steroid dienone is 1. The Morgan fingerprint density at radius 3 is 2.62 bits per heavy atom. The quantitative estimate of drug-likeness (QED) is 0.571. The summed E-state index contributed by atoms with van der Waals surface area (Å²) < 4.78 is 38.8. The molecule has 7 nitrogen and oxygen atoms in total. The summed E-state index contributed by atoms with van der Waals surface area (Å²) in [4.78, 5) is 13.1. The normalized spacial score (nSPS) is 17.5. The molecule has 2 aromatic carbocycles. The molecule has 5 rings (SSSR count). The number of ether oxygens (including phenoxy) is 2. The Balaban J connectivity index is 1.43. The molecule has 0 bridgehead atoms. The Labute approximate surface area is 189 Å². The van der Waals surface area contributed by atoms with Gasteiger partial charge in [0, 0.05) is 12.7 Å². The number of rotatable bonds is 5. The van der Waals surface area contributed by atoms with E-state index in [0.29, 0.717) is 28.6 Å². The fourth-order valence-corrected chi connectivity index (χ4v) is 6.14. The Hall–Kier alpha value is -3.30. The Kier molecular flexibility index (Phi) is 5.15. The molecule has 0 unspecified atom stereocenters. The van der Waals surface area contributed by atoms with Crippen molar-refractivity contribution in [2.75, 3.05) is 11.1 Å². The molecule has 0 saturated carbocycles. The zero-order valence-corrected chi connectivity index (χ0v) is 18.8. The van der Waals surface area contributed by atoms with Gasteiger partial charge in [0.2, 0.25) is 12.6 Å². The van der Waals surface area contributed by atoms with Gasteiger partial charge >= 0.3 is 0 Å². The van der Waals surface area contributed by atoms with E-state index in [4.69, 9.17) is 9.47 Å². The van der Waals surface area contributed by atoms with Gasteiger partial charge in [0.1, 0.15) is 4.88 Å². The van der Waals surface area contributed by atoms with E-state index in [0.717, 1.165) is 16.7 Å². The molecule has 1 aromatic heterocycles. The first-order chi connectivity index (χ1) is 15.4. The number of hydrogen-bond donors (Lipinski definition) is 1. The van der Waals surface area contributed by atoms with Crippen LogP contribution in [-0.4, -0.2) is 21.0 Å². The molecule has 9 heteroatoms. The summed E-state index contributed by atoms with van der Waals surface area (Å²) >= 11 is 1.24. The number of Topliss-reactive ketones (excluding diaryl/α,β-unsaturated/α-hetero) is 1. The van der Waals surface area contributed by atoms with Crippen LogP contribution in [0.4, 0.5) is 5.69 Å². The van der Waals surface area contributed by atoms with Crippen LogP contribution in [0.15, 0.2) is 65.0 Å². The van der Waals surface area contributed by atoms with E-state index < -0.39 is 15.8 Å². The van der Waals surface area contributed by atoms with Gasteiger partial charge in [0.15, 0.2) is 16.4 Å². The number of carbonyl (C=O) groups is 1.